The average molecular weight is 210 g/mol. The maximum Gasteiger partial charge on any atom is 0.120 e. The Morgan fingerprint density at radius 3 is 2.00 bits per heavy atom. The minimum absolute atomic E-state index is 0.710. The summed E-state index contributed by atoms with van der Waals surface area (Å²) in [7, 11) is 0. The standard InChI is InChI=1S/C14H26O/c1-2-3-4-5-6-7-8-9-10-11-12-13-14-15/h9-10,14H,2-8,11-13H2,1H3/b10-9-. The Labute approximate surface area is 95.0 Å². The van der Waals surface area contributed by atoms with Crippen LogP contribution in [0.4, 0.5) is 0 Å². The van der Waals surface area contributed by atoms with Crippen LogP contribution in [0.25, 0.3) is 0 Å². The number of hydrogen-bond donors (Lipinski definition) is 0. The van der Waals surface area contributed by atoms with E-state index in [0.29, 0.717) is 6.42 Å². The predicted molar refractivity (Wildman–Crippen MR) is 67.0 cm³/mol. The molecule has 1 heteroatoms. The van der Waals surface area contributed by atoms with Gasteiger partial charge in [-0.1, -0.05) is 51.2 Å². The summed E-state index contributed by atoms with van der Waals surface area (Å²) in [5.41, 5.74) is 0. The zero-order valence-electron chi connectivity index (χ0n) is 10.2. The van der Waals surface area contributed by atoms with Gasteiger partial charge < -0.3 is 4.79 Å². The number of rotatable bonds is 11. The van der Waals surface area contributed by atoms with Gasteiger partial charge in [0.25, 0.3) is 0 Å². The first-order valence-corrected chi connectivity index (χ1v) is 6.50. The molecule has 15 heavy (non-hydrogen) atoms. The molecule has 88 valence electrons. The van der Waals surface area contributed by atoms with E-state index in [9.17, 15) is 4.79 Å². The van der Waals surface area contributed by atoms with Gasteiger partial charge in [-0.15, -0.1) is 0 Å². The minimum Gasteiger partial charge on any atom is -0.303 e. The average Bonchev–Trinajstić information content (AvgIpc) is 2.26. The van der Waals surface area contributed by atoms with Gasteiger partial charge in [0.05, 0.1) is 0 Å². The van der Waals surface area contributed by atoms with Crippen molar-refractivity contribution in [2.24, 2.45) is 0 Å². The van der Waals surface area contributed by atoms with Crippen LogP contribution < -0.4 is 0 Å². The third-order valence-corrected chi connectivity index (χ3v) is 2.58. The van der Waals surface area contributed by atoms with Crippen molar-refractivity contribution in [1.82, 2.24) is 0 Å². The normalized spacial score (nSPS) is 11.0. The lowest BCUT2D eigenvalue weighted by atomic mass is 10.1. The molecule has 0 aliphatic heterocycles. The lowest BCUT2D eigenvalue weighted by Crippen LogP contribution is -1.78. The fraction of sp³-hybridized carbons (Fsp3) is 0.786. The van der Waals surface area contributed by atoms with Crippen molar-refractivity contribution >= 4 is 6.29 Å². The second-order valence-electron chi connectivity index (χ2n) is 4.13. The summed E-state index contributed by atoms with van der Waals surface area (Å²) < 4.78 is 0. The minimum atomic E-state index is 0.710. The first-order valence-electron chi connectivity index (χ1n) is 6.50. The van der Waals surface area contributed by atoms with Crippen molar-refractivity contribution in [2.75, 3.05) is 0 Å². The second-order valence-corrected chi connectivity index (χ2v) is 4.13. The molecule has 0 aliphatic rings. The number of unbranched alkanes of at least 4 members (excludes halogenated alkanes) is 8. The van der Waals surface area contributed by atoms with Crippen LogP contribution in [0.3, 0.4) is 0 Å². The van der Waals surface area contributed by atoms with E-state index < -0.39 is 0 Å². The van der Waals surface area contributed by atoms with Gasteiger partial charge in [-0.3, -0.25) is 0 Å². The quantitative estimate of drug-likeness (QED) is 0.275. The molecule has 0 aliphatic carbocycles. The number of allylic oxidation sites excluding steroid dienone is 2. The first kappa shape index (κ1) is 14.4. The number of hydrogen-bond acceptors (Lipinski definition) is 1. The first-order chi connectivity index (χ1) is 7.41. The van der Waals surface area contributed by atoms with Crippen molar-refractivity contribution in [2.45, 2.75) is 71.1 Å². The SMILES string of the molecule is CCCCCCCC/C=C\CCCC=O. The zero-order valence-corrected chi connectivity index (χ0v) is 10.2. The van der Waals surface area contributed by atoms with Gasteiger partial charge in [-0.25, -0.2) is 0 Å². The molecule has 0 spiro atoms. The molecule has 0 fully saturated rings. The molecule has 0 aromatic heterocycles. The molecular formula is C14H26O. The summed E-state index contributed by atoms with van der Waals surface area (Å²) in [5, 5.41) is 0. The lowest BCUT2D eigenvalue weighted by Gasteiger charge is -1.97. The molecule has 0 rings (SSSR count). The van der Waals surface area contributed by atoms with Gasteiger partial charge in [0, 0.05) is 6.42 Å². The van der Waals surface area contributed by atoms with Crippen LogP contribution in [0.2, 0.25) is 0 Å². The molecule has 0 unspecified atom stereocenters. The van der Waals surface area contributed by atoms with Gasteiger partial charge in [0.1, 0.15) is 6.29 Å². The van der Waals surface area contributed by atoms with Crippen LogP contribution >= 0.6 is 0 Å². The molecule has 0 N–H and O–H groups in total. The van der Waals surface area contributed by atoms with E-state index in [1.807, 2.05) is 0 Å². The van der Waals surface area contributed by atoms with E-state index in [0.717, 1.165) is 19.1 Å². The van der Waals surface area contributed by atoms with E-state index in [2.05, 4.69) is 19.1 Å². The van der Waals surface area contributed by atoms with E-state index in [1.165, 1.54) is 44.9 Å². The third kappa shape index (κ3) is 13.4. The topological polar surface area (TPSA) is 17.1 Å². The van der Waals surface area contributed by atoms with E-state index in [1.54, 1.807) is 0 Å². The molecular weight excluding hydrogens is 184 g/mol. The summed E-state index contributed by atoms with van der Waals surface area (Å²) in [5.74, 6) is 0. The van der Waals surface area contributed by atoms with Crippen LogP contribution in [-0.4, -0.2) is 6.29 Å². The number of carbonyl (C=O) groups is 1. The van der Waals surface area contributed by atoms with Crippen molar-refractivity contribution in [1.29, 1.82) is 0 Å². The van der Waals surface area contributed by atoms with Crippen molar-refractivity contribution in [3.8, 4) is 0 Å². The number of carbonyl (C=O) groups excluding carboxylic acids is 1. The third-order valence-electron chi connectivity index (χ3n) is 2.58. The largest absolute Gasteiger partial charge is 0.303 e. The molecule has 1 nitrogen and oxygen atoms in total. The Bertz CT molecular complexity index is 149. The molecule has 0 heterocycles. The van der Waals surface area contributed by atoms with Crippen molar-refractivity contribution in [3.05, 3.63) is 12.2 Å². The Balaban J connectivity index is 2.99. The Kier molecular flexibility index (Phi) is 12.9. The molecule has 0 amide bonds. The maximum atomic E-state index is 10.0. The number of aldehydes is 1. The van der Waals surface area contributed by atoms with Gasteiger partial charge >= 0.3 is 0 Å². The van der Waals surface area contributed by atoms with E-state index >= 15 is 0 Å². The van der Waals surface area contributed by atoms with Crippen molar-refractivity contribution in [3.63, 3.8) is 0 Å². The smallest absolute Gasteiger partial charge is 0.120 e. The highest BCUT2D eigenvalue weighted by molar-refractivity contribution is 5.48. The van der Waals surface area contributed by atoms with Crippen LogP contribution in [0.5, 0.6) is 0 Å². The van der Waals surface area contributed by atoms with Gasteiger partial charge in [-0.2, -0.15) is 0 Å². The fourth-order valence-electron chi connectivity index (χ4n) is 1.60. The van der Waals surface area contributed by atoms with Crippen LogP contribution in [0.15, 0.2) is 12.2 Å². The molecule has 0 aromatic carbocycles. The monoisotopic (exact) mass is 210 g/mol. The summed E-state index contributed by atoms with van der Waals surface area (Å²) in [4.78, 5) is 10.0. The highest BCUT2D eigenvalue weighted by Gasteiger charge is 1.88. The summed E-state index contributed by atoms with van der Waals surface area (Å²) in [6, 6.07) is 0. The second kappa shape index (κ2) is 13.4. The Morgan fingerprint density at radius 1 is 0.733 bits per heavy atom. The molecule has 0 saturated heterocycles. The van der Waals surface area contributed by atoms with Crippen molar-refractivity contribution < 1.29 is 4.79 Å². The lowest BCUT2D eigenvalue weighted by molar-refractivity contribution is -0.107. The Hall–Kier alpha value is -0.590. The highest BCUT2D eigenvalue weighted by Crippen LogP contribution is 2.07. The van der Waals surface area contributed by atoms with E-state index in [4.69, 9.17) is 0 Å². The molecule has 0 saturated carbocycles. The summed E-state index contributed by atoms with van der Waals surface area (Å²) in [6.45, 7) is 2.25. The molecule has 0 radical (unpaired) electrons. The predicted octanol–water partition coefficient (Wildman–Crippen LogP) is 4.66. The molecule has 0 aromatic rings. The molecule has 0 atom stereocenters. The Morgan fingerprint density at radius 2 is 1.33 bits per heavy atom. The van der Waals surface area contributed by atoms with Crippen LogP contribution in [0.1, 0.15) is 71.1 Å². The fourth-order valence-corrected chi connectivity index (χ4v) is 1.60. The maximum absolute atomic E-state index is 10.0. The van der Waals surface area contributed by atoms with Crippen LogP contribution in [-0.2, 0) is 4.79 Å². The summed E-state index contributed by atoms with van der Waals surface area (Å²) in [6.07, 6.45) is 17.7. The van der Waals surface area contributed by atoms with Gasteiger partial charge in [-0.05, 0) is 25.7 Å². The van der Waals surface area contributed by atoms with E-state index in [-0.39, 0.29) is 0 Å². The van der Waals surface area contributed by atoms with Gasteiger partial charge in [0.2, 0.25) is 0 Å². The van der Waals surface area contributed by atoms with Crippen LogP contribution in [0, 0.1) is 0 Å². The van der Waals surface area contributed by atoms with Gasteiger partial charge in [0.15, 0.2) is 0 Å². The summed E-state index contributed by atoms with van der Waals surface area (Å²) >= 11 is 0. The highest BCUT2D eigenvalue weighted by atomic mass is 16.1. The zero-order chi connectivity index (χ0) is 11.2. The molecule has 0 bridgehead atoms.